The van der Waals surface area contributed by atoms with Gasteiger partial charge in [-0.2, -0.15) is 0 Å². The summed E-state index contributed by atoms with van der Waals surface area (Å²) in [5.41, 5.74) is 0. The van der Waals surface area contributed by atoms with Crippen LogP contribution in [-0.4, -0.2) is 47.0 Å². The summed E-state index contributed by atoms with van der Waals surface area (Å²) in [6.07, 6.45) is 12.4. The Balaban J connectivity index is 3.81. The molecule has 0 aliphatic carbocycles. The topological polar surface area (TPSA) is 49.7 Å². The SMILES string of the molecule is CCCCCCCCCCCCOC(CC)[N+](C)(C(C)O)C(C)O. The molecule has 0 aliphatic heterocycles. The first-order chi connectivity index (χ1) is 11.4. The highest BCUT2D eigenvalue weighted by molar-refractivity contribution is 4.51. The number of rotatable bonds is 16. The molecule has 0 aliphatic rings. The van der Waals surface area contributed by atoms with Gasteiger partial charge in [-0.3, -0.25) is 4.48 Å². The zero-order valence-corrected chi connectivity index (χ0v) is 17.0. The zero-order chi connectivity index (χ0) is 18.4. The Labute approximate surface area is 150 Å². The summed E-state index contributed by atoms with van der Waals surface area (Å²) in [4.78, 5) is 0. The van der Waals surface area contributed by atoms with Crippen molar-refractivity contribution >= 4 is 0 Å². The van der Waals surface area contributed by atoms with Crippen molar-refractivity contribution in [3.05, 3.63) is 0 Å². The van der Waals surface area contributed by atoms with E-state index in [0.717, 1.165) is 12.8 Å². The summed E-state index contributed by atoms with van der Waals surface area (Å²) >= 11 is 0. The fourth-order valence-electron chi connectivity index (χ4n) is 3.27. The van der Waals surface area contributed by atoms with Crippen LogP contribution in [0.1, 0.15) is 98.3 Å². The number of unbranched alkanes of at least 4 members (excludes halogenated alkanes) is 9. The number of ether oxygens (including phenoxy) is 1. The minimum atomic E-state index is -0.650. The van der Waals surface area contributed by atoms with E-state index in [4.69, 9.17) is 4.74 Å². The Morgan fingerprint density at radius 3 is 1.54 bits per heavy atom. The van der Waals surface area contributed by atoms with Crippen molar-refractivity contribution in [3.8, 4) is 0 Å². The van der Waals surface area contributed by atoms with Gasteiger partial charge in [-0.25, -0.2) is 0 Å². The minimum Gasteiger partial charge on any atom is -0.345 e. The van der Waals surface area contributed by atoms with Crippen LogP contribution in [-0.2, 0) is 4.74 Å². The molecule has 0 heterocycles. The first-order valence-corrected chi connectivity index (χ1v) is 10.2. The van der Waals surface area contributed by atoms with E-state index in [-0.39, 0.29) is 10.7 Å². The van der Waals surface area contributed by atoms with Gasteiger partial charge in [-0.1, -0.05) is 71.6 Å². The van der Waals surface area contributed by atoms with Crippen molar-refractivity contribution in [2.75, 3.05) is 13.7 Å². The lowest BCUT2D eigenvalue weighted by Crippen LogP contribution is -2.63. The van der Waals surface area contributed by atoms with Gasteiger partial charge in [0.05, 0.1) is 13.7 Å². The van der Waals surface area contributed by atoms with Crippen LogP contribution in [0, 0.1) is 0 Å². The van der Waals surface area contributed by atoms with Gasteiger partial charge in [0.1, 0.15) is 0 Å². The maximum absolute atomic E-state index is 10.1. The third-order valence-corrected chi connectivity index (χ3v) is 5.39. The van der Waals surface area contributed by atoms with Crippen molar-refractivity contribution in [2.45, 2.75) is 117 Å². The molecule has 3 unspecified atom stereocenters. The lowest BCUT2D eigenvalue weighted by molar-refractivity contribution is -1.03. The van der Waals surface area contributed by atoms with Gasteiger partial charge in [0.25, 0.3) is 0 Å². The van der Waals surface area contributed by atoms with E-state index in [2.05, 4.69) is 6.92 Å². The third-order valence-electron chi connectivity index (χ3n) is 5.39. The number of aliphatic hydroxyl groups is 2. The molecule has 4 heteroatoms. The number of quaternary nitrogens is 1. The summed E-state index contributed by atoms with van der Waals surface area (Å²) < 4.78 is 6.14. The number of hydrogen-bond acceptors (Lipinski definition) is 3. The molecule has 24 heavy (non-hydrogen) atoms. The number of nitrogens with zero attached hydrogens (tertiary/aromatic N) is 1. The predicted octanol–water partition coefficient (Wildman–Crippen LogP) is 4.78. The van der Waals surface area contributed by atoms with Crippen LogP contribution in [0.4, 0.5) is 0 Å². The van der Waals surface area contributed by atoms with Crippen molar-refractivity contribution in [3.63, 3.8) is 0 Å². The van der Waals surface area contributed by atoms with Crippen LogP contribution in [0.25, 0.3) is 0 Å². The second-order valence-electron chi connectivity index (χ2n) is 7.40. The van der Waals surface area contributed by atoms with Crippen LogP contribution in [0.15, 0.2) is 0 Å². The Morgan fingerprint density at radius 2 is 1.17 bits per heavy atom. The summed E-state index contributed by atoms with van der Waals surface area (Å²) in [5, 5.41) is 20.1. The van der Waals surface area contributed by atoms with Crippen LogP contribution in [0.2, 0.25) is 0 Å². The molecule has 0 bridgehead atoms. The van der Waals surface area contributed by atoms with Gasteiger partial charge in [0.15, 0.2) is 18.7 Å². The first-order valence-electron chi connectivity index (χ1n) is 10.2. The molecule has 4 nitrogen and oxygen atoms in total. The highest BCUT2D eigenvalue weighted by atomic mass is 16.5. The van der Waals surface area contributed by atoms with Gasteiger partial charge in [0, 0.05) is 20.3 Å². The molecule has 0 rings (SSSR count). The molecule has 0 aromatic rings. The van der Waals surface area contributed by atoms with E-state index in [1.807, 2.05) is 14.0 Å². The van der Waals surface area contributed by atoms with Gasteiger partial charge in [-0.15, -0.1) is 0 Å². The van der Waals surface area contributed by atoms with Gasteiger partial charge >= 0.3 is 0 Å². The first kappa shape index (κ1) is 23.8. The molecule has 2 N–H and O–H groups in total. The fourth-order valence-corrected chi connectivity index (χ4v) is 3.27. The second-order valence-corrected chi connectivity index (χ2v) is 7.40. The molecule has 0 radical (unpaired) electrons. The number of aliphatic hydroxyl groups excluding tert-OH is 2. The van der Waals surface area contributed by atoms with E-state index in [0.29, 0.717) is 6.61 Å². The third kappa shape index (κ3) is 8.80. The van der Waals surface area contributed by atoms with Crippen LogP contribution in [0.3, 0.4) is 0 Å². The average molecular weight is 347 g/mol. The highest BCUT2D eigenvalue weighted by Crippen LogP contribution is 2.22. The lowest BCUT2D eigenvalue weighted by Gasteiger charge is -2.44. The van der Waals surface area contributed by atoms with E-state index < -0.39 is 12.5 Å². The molecule has 146 valence electrons. The predicted molar refractivity (Wildman–Crippen MR) is 101 cm³/mol. The van der Waals surface area contributed by atoms with E-state index in [1.54, 1.807) is 13.8 Å². The molecule has 0 amide bonds. The molecule has 0 saturated heterocycles. The molecule has 0 spiro atoms. The summed E-state index contributed by atoms with van der Waals surface area (Å²) in [6.45, 7) is 8.46. The maximum atomic E-state index is 10.1. The standard InChI is InChI=1S/C20H44NO3/c1-6-8-9-10-11-12-13-14-15-16-17-24-20(7-2)21(5,18(3)22)19(4)23/h18-20,22-23H,6-17H2,1-5H3/q+1. The summed E-state index contributed by atoms with van der Waals surface area (Å²) in [6, 6.07) is 0. The maximum Gasteiger partial charge on any atom is 0.196 e. The lowest BCUT2D eigenvalue weighted by atomic mass is 10.1. The van der Waals surface area contributed by atoms with E-state index in [1.165, 1.54) is 57.8 Å². The monoisotopic (exact) mass is 346 g/mol. The fraction of sp³-hybridized carbons (Fsp3) is 1.00. The Kier molecular flexibility index (Phi) is 14.0. The van der Waals surface area contributed by atoms with Crippen LogP contribution >= 0.6 is 0 Å². The smallest absolute Gasteiger partial charge is 0.196 e. The molecule has 3 atom stereocenters. The number of hydrogen-bond donors (Lipinski definition) is 2. The largest absolute Gasteiger partial charge is 0.345 e. The summed E-state index contributed by atoms with van der Waals surface area (Å²) in [5.74, 6) is 0. The van der Waals surface area contributed by atoms with Crippen molar-refractivity contribution < 1.29 is 19.4 Å². The quantitative estimate of drug-likeness (QED) is 0.240. The Bertz CT molecular complexity index is 274. The van der Waals surface area contributed by atoms with E-state index >= 15 is 0 Å². The van der Waals surface area contributed by atoms with Crippen molar-refractivity contribution in [1.82, 2.24) is 0 Å². The van der Waals surface area contributed by atoms with Crippen molar-refractivity contribution in [2.24, 2.45) is 0 Å². The van der Waals surface area contributed by atoms with Gasteiger partial charge in [0.2, 0.25) is 0 Å². The molecule has 0 fully saturated rings. The average Bonchev–Trinajstić information content (AvgIpc) is 2.55. The Morgan fingerprint density at radius 1 is 0.750 bits per heavy atom. The normalized spacial score (nSPS) is 18.1. The molecular weight excluding hydrogens is 302 g/mol. The minimum absolute atomic E-state index is 0.133. The van der Waals surface area contributed by atoms with Crippen LogP contribution in [0.5, 0.6) is 0 Å². The van der Waals surface area contributed by atoms with Crippen LogP contribution < -0.4 is 0 Å². The molecule has 0 saturated carbocycles. The highest BCUT2D eigenvalue weighted by Gasteiger charge is 2.40. The van der Waals surface area contributed by atoms with Gasteiger partial charge in [-0.05, 0) is 6.42 Å². The van der Waals surface area contributed by atoms with Crippen molar-refractivity contribution in [1.29, 1.82) is 0 Å². The molecule has 0 aromatic carbocycles. The molecular formula is C20H44NO3+. The zero-order valence-electron chi connectivity index (χ0n) is 17.0. The van der Waals surface area contributed by atoms with E-state index in [9.17, 15) is 10.2 Å². The molecule has 0 aromatic heterocycles. The second kappa shape index (κ2) is 14.1. The van der Waals surface area contributed by atoms with Gasteiger partial charge < -0.3 is 14.9 Å². The Hall–Kier alpha value is -0.160. The summed E-state index contributed by atoms with van der Waals surface area (Å²) in [7, 11) is 1.86.